The number of hydrogen-bond donors (Lipinski definition) is 2. The molecular weight excluding hydrogens is 644 g/mol. The van der Waals surface area contributed by atoms with Crippen LogP contribution in [0.25, 0.3) is 28.3 Å². The van der Waals surface area contributed by atoms with E-state index in [2.05, 4.69) is 20.2 Å². The third kappa shape index (κ3) is 7.71. The van der Waals surface area contributed by atoms with E-state index in [0.717, 1.165) is 28.8 Å². The Hall–Kier alpha value is -2.92. The van der Waals surface area contributed by atoms with Gasteiger partial charge in [0.25, 0.3) is 5.56 Å². The Balaban J connectivity index is 0.00000433. The summed E-state index contributed by atoms with van der Waals surface area (Å²) in [6, 6.07) is 15.1. The Morgan fingerprint density at radius 2 is 1.77 bits per heavy atom. The van der Waals surface area contributed by atoms with E-state index in [9.17, 15) is 27.9 Å². The molecule has 0 spiro atoms. The van der Waals surface area contributed by atoms with Gasteiger partial charge in [-0.2, -0.15) is 23.3 Å². The molecule has 1 saturated carbocycles. The number of halogens is 3. The van der Waals surface area contributed by atoms with Gasteiger partial charge in [-0.15, -0.1) is 0 Å². The molecule has 1 unspecified atom stereocenters. The first-order chi connectivity index (χ1) is 22.1. The molecule has 0 aliphatic heterocycles. The van der Waals surface area contributed by atoms with Crippen LogP contribution in [0.15, 0.2) is 69.0 Å². The maximum atomic E-state index is 14.2. The van der Waals surface area contributed by atoms with E-state index in [1.807, 2.05) is 55.5 Å². The number of aliphatic hydroxyl groups excluding tert-OH is 1. The van der Waals surface area contributed by atoms with Crippen molar-refractivity contribution in [2.75, 3.05) is 6.61 Å². The van der Waals surface area contributed by atoms with Crippen molar-refractivity contribution in [1.29, 1.82) is 0 Å². The van der Waals surface area contributed by atoms with Crippen molar-refractivity contribution in [3.05, 3.63) is 92.6 Å². The van der Waals surface area contributed by atoms with Gasteiger partial charge in [-0.25, -0.2) is 9.31 Å². The van der Waals surface area contributed by atoms with Gasteiger partial charge in [0.2, 0.25) is 5.78 Å². The van der Waals surface area contributed by atoms with E-state index in [1.54, 1.807) is 9.08 Å². The summed E-state index contributed by atoms with van der Waals surface area (Å²) in [5.41, 5.74) is 4.61. The van der Waals surface area contributed by atoms with Gasteiger partial charge < -0.3 is 9.84 Å². The van der Waals surface area contributed by atoms with Crippen LogP contribution in [0.1, 0.15) is 61.9 Å². The van der Waals surface area contributed by atoms with Gasteiger partial charge in [0, 0.05) is 75.0 Å². The molecule has 6 rings (SSSR count). The number of aromatic amines is 1. The second kappa shape index (κ2) is 15.1. The maximum Gasteiger partial charge on any atom is 0.439 e. The third-order valence-electron chi connectivity index (χ3n) is 8.46. The number of aliphatic hydroxyl groups is 1. The average Bonchev–Trinajstić information content (AvgIpc) is 3.71. The third-order valence-corrected chi connectivity index (χ3v) is 8.46. The van der Waals surface area contributed by atoms with Crippen molar-refractivity contribution in [3.8, 4) is 22.5 Å². The van der Waals surface area contributed by atoms with E-state index in [0.29, 0.717) is 61.3 Å². The first-order valence-electron chi connectivity index (χ1n) is 15.2. The number of aromatic nitrogens is 6. The van der Waals surface area contributed by atoms with Gasteiger partial charge in [-0.1, -0.05) is 67.0 Å². The van der Waals surface area contributed by atoms with Gasteiger partial charge in [0.05, 0.1) is 18.4 Å². The molecule has 5 aromatic rings. The summed E-state index contributed by atoms with van der Waals surface area (Å²) in [6.45, 7) is 1.22. The van der Waals surface area contributed by atoms with Crippen LogP contribution in [0.2, 0.25) is 0 Å². The number of H-pyrrole nitrogens is 1. The number of hydrogen-bond acceptors (Lipinski definition) is 8. The Kier molecular flexibility index (Phi) is 11.4. The van der Waals surface area contributed by atoms with Gasteiger partial charge >= 0.3 is 11.9 Å². The van der Waals surface area contributed by atoms with Crippen LogP contribution in [0.3, 0.4) is 0 Å². The molecule has 1 fully saturated rings. The van der Waals surface area contributed by atoms with Crippen LogP contribution < -0.4 is 11.3 Å². The number of alkyl halides is 3. The summed E-state index contributed by atoms with van der Waals surface area (Å²) in [5.74, 6) is 0.127. The SMILES string of the molecule is CCCc1c(Cc2ccc(-c3ccccc3-c3noc(=O)[nH]3)cc2)c(=O)n(C2CCC(OCC(O)C(F)(F)F)CC2)c2ncnn12.[K]. The fourth-order valence-corrected chi connectivity index (χ4v) is 6.16. The second-order valence-corrected chi connectivity index (χ2v) is 11.5. The summed E-state index contributed by atoms with van der Waals surface area (Å²) in [6.07, 6.45) is -2.61. The minimum Gasteiger partial charge on any atom is -0.382 e. The standard InChI is InChI=1S/C32H33F3N6O5.K/c1-2-5-26-25(16-19-8-10-20(11-9-19)23-6-3-4-7-24(23)28-38-31(44)46-39-28)29(43)40(30-36-18-37-41(26)30)21-12-14-22(15-13-21)45-17-27(42)32(33,34)35;/h3-4,6-11,18,21-22,27,42H,2,5,12-17H2,1H3,(H,38,39,44);. The van der Waals surface area contributed by atoms with Gasteiger partial charge in [-0.05, 0) is 48.8 Å². The number of rotatable bonds is 10. The number of benzene rings is 2. The van der Waals surface area contributed by atoms with Crippen LogP contribution >= 0.6 is 0 Å². The molecule has 11 nitrogen and oxygen atoms in total. The fourth-order valence-electron chi connectivity index (χ4n) is 6.16. The second-order valence-electron chi connectivity index (χ2n) is 11.5. The van der Waals surface area contributed by atoms with E-state index < -0.39 is 30.7 Å². The van der Waals surface area contributed by atoms with Gasteiger partial charge in [0.1, 0.15) is 6.33 Å². The minimum absolute atomic E-state index is 0. The van der Waals surface area contributed by atoms with Crippen molar-refractivity contribution in [2.24, 2.45) is 0 Å². The Morgan fingerprint density at radius 1 is 1.06 bits per heavy atom. The fraction of sp³-hybridized carbons (Fsp3) is 0.406. The zero-order valence-corrected chi connectivity index (χ0v) is 29.2. The van der Waals surface area contributed by atoms with Crippen molar-refractivity contribution < 1.29 is 27.5 Å². The number of fused-ring (bicyclic) bond motifs is 1. The molecule has 1 aliphatic rings. The number of ether oxygens (including phenoxy) is 1. The summed E-state index contributed by atoms with van der Waals surface area (Å²) in [7, 11) is 0. The summed E-state index contributed by atoms with van der Waals surface area (Å²) in [5, 5.41) is 17.6. The molecular formula is C32H33F3KN6O5. The predicted octanol–water partition coefficient (Wildman–Crippen LogP) is 4.49. The maximum absolute atomic E-state index is 14.2. The van der Waals surface area contributed by atoms with Crippen LogP contribution in [0.5, 0.6) is 0 Å². The van der Waals surface area contributed by atoms with Crippen molar-refractivity contribution in [3.63, 3.8) is 0 Å². The van der Waals surface area contributed by atoms with Crippen molar-refractivity contribution in [1.82, 2.24) is 29.3 Å². The summed E-state index contributed by atoms with van der Waals surface area (Å²) < 4.78 is 51.6. The van der Waals surface area contributed by atoms with Crippen molar-refractivity contribution >= 4 is 57.2 Å². The number of aryl methyl sites for hydroxylation is 1. The zero-order valence-electron chi connectivity index (χ0n) is 26.0. The quantitative estimate of drug-likeness (QED) is 0.206. The molecule has 1 aliphatic carbocycles. The molecule has 3 aromatic heterocycles. The number of nitrogens with zero attached hydrogens (tertiary/aromatic N) is 5. The smallest absolute Gasteiger partial charge is 0.382 e. The Bertz CT molecular complexity index is 1930. The van der Waals surface area contributed by atoms with E-state index >= 15 is 0 Å². The minimum atomic E-state index is -4.73. The topological polar surface area (TPSA) is 141 Å². The monoisotopic (exact) mass is 677 g/mol. The average molecular weight is 678 g/mol. The van der Waals surface area contributed by atoms with Crippen LogP contribution in [0.4, 0.5) is 13.2 Å². The summed E-state index contributed by atoms with van der Waals surface area (Å²) >= 11 is 0. The van der Waals surface area contributed by atoms with E-state index in [1.165, 1.54) is 6.33 Å². The Labute approximate surface area is 309 Å². The van der Waals surface area contributed by atoms with Gasteiger partial charge in [-0.3, -0.25) is 18.9 Å². The molecule has 2 aromatic carbocycles. The molecule has 1 radical (unpaired) electrons. The molecule has 0 bridgehead atoms. The molecule has 0 amide bonds. The molecule has 243 valence electrons. The zero-order chi connectivity index (χ0) is 32.4. The summed E-state index contributed by atoms with van der Waals surface area (Å²) in [4.78, 5) is 32.8. The van der Waals surface area contributed by atoms with Crippen LogP contribution in [-0.4, -0.2) is 111 Å². The van der Waals surface area contributed by atoms with Gasteiger partial charge in [0.15, 0.2) is 11.9 Å². The molecule has 47 heavy (non-hydrogen) atoms. The normalized spacial score (nSPS) is 17.5. The molecule has 0 saturated heterocycles. The van der Waals surface area contributed by atoms with E-state index in [-0.39, 0.29) is 63.0 Å². The van der Waals surface area contributed by atoms with Crippen molar-refractivity contribution in [2.45, 2.75) is 76.3 Å². The molecule has 2 N–H and O–H groups in total. The first-order valence-corrected chi connectivity index (χ1v) is 15.2. The van der Waals surface area contributed by atoms with Crippen LogP contribution in [0, 0.1) is 0 Å². The predicted molar refractivity (Wildman–Crippen MR) is 167 cm³/mol. The molecule has 15 heteroatoms. The Morgan fingerprint density at radius 3 is 2.40 bits per heavy atom. The number of nitrogens with one attached hydrogen (secondary N) is 1. The molecule has 3 heterocycles. The van der Waals surface area contributed by atoms with E-state index in [4.69, 9.17) is 9.26 Å². The molecule has 1 atom stereocenters. The van der Waals surface area contributed by atoms with Crippen LogP contribution in [-0.2, 0) is 17.6 Å². The first kappa shape index (κ1) is 35.4. The largest absolute Gasteiger partial charge is 0.439 e.